The van der Waals surface area contributed by atoms with Crippen molar-refractivity contribution in [2.45, 2.75) is 20.4 Å². The van der Waals surface area contributed by atoms with Gasteiger partial charge in [0.25, 0.3) is 0 Å². The van der Waals surface area contributed by atoms with Crippen LogP contribution in [0.4, 0.5) is 0 Å². The first-order valence-corrected chi connectivity index (χ1v) is 7.82. The molecule has 0 spiro atoms. The zero-order chi connectivity index (χ0) is 18.6. The number of carbonyl (C=O) groups is 1. The molecule has 0 unspecified atom stereocenters. The molecule has 1 fully saturated rings. The number of carbonyl (C=O) groups excluding carboxylic acids is 1. The van der Waals surface area contributed by atoms with E-state index in [1.165, 1.54) is 0 Å². The van der Waals surface area contributed by atoms with Gasteiger partial charge in [-0.1, -0.05) is 6.08 Å². The number of nitrogens with zero attached hydrogens (tertiary/aromatic N) is 2. The summed E-state index contributed by atoms with van der Waals surface area (Å²) in [5, 5.41) is 7.63. The van der Waals surface area contributed by atoms with Gasteiger partial charge in [0.1, 0.15) is 11.7 Å². The van der Waals surface area contributed by atoms with Gasteiger partial charge in [-0.2, -0.15) is 0 Å². The first-order chi connectivity index (χ1) is 11.9. The Bertz CT molecular complexity index is 728. The average Bonchev–Trinajstić information content (AvgIpc) is 2.87. The second kappa shape index (κ2) is 7.83. The summed E-state index contributed by atoms with van der Waals surface area (Å²) < 4.78 is 16.1. The molecule has 1 saturated heterocycles. The lowest BCUT2D eigenvalue weighted by Gasteiger charge is -2.20. The van der Waals surface area contributed by atoms with Crippen LogP contribution in [0.5, 0.6) is 17.2 Å². The van der Waals surface area contributed by atoms with Crippen molar-refractivity contribution in [3.05, 3.63) is 29.3 Å². The van der Waals surface area contributed by atoms with Gasteiger partial charge in [0.2, 0.25) is 5.75 Å². The van der Waals surface area contributed by atoms with Gasteiger partial charge in [0.05, 0.1) is 33.4 Å². The van der Waals surface area contributed by atoms with Gasteiger partial charge in [-0.05, 0) is 31.5 Å². The monoisotopic (exact) mass is 345 g/mol. The Hall–Kier alpha value is -2.83. The smallest absolute Gasteiger partial charge is 0.203 e. The molecule has 25 heavy (non-hydrogen) atoms. The highest BCUT2D eigenvalue weighted by Crippen LogP contribution is 2.38. The lowest BCUT2D eigenvalue weighted by molar-refractivity contribution is -0.114. The minimum Gasteiger partial charge on any atom is -0.493 e. The zero-order valence-electron chi connectivity index (χ0n) is 15.2. The molecule has 0 aliphatic carbocycles. The largest absolute Gasteiger partial charge is 0.493 e. The Morgan fingerprint density at radius 1 is 1.24 bits per heavy atom. The van der Waals surface area contributed by atoms with E-state index in [0.29, 0.717) is 35.2 Å². The molecule has 1 aromatic carbocycles. The van der Waals surface area contributed by atoms with E-state index in [1.807, 2.05) is 17.0 Å². The maximum atomic E-state index is 12.2. The summed E-state index contributed by atoms with van der Waals surface area (Å²) in [6.07, 6.45) is 1.74. The number of ether oxygens (including phenoxy) is 3. The van der Waals surface area contributed by atoms with Crippen molar-refractivity contribution in [2.24, 2.45) is 4.99 Å². The fourth-order valence-electron chi connectivity index (χ4n) is 2.79. The summed E-state index contributed by atoms with van der Waals surface area (Å²) in [5.41, 5.74) is 1.43. The van der Waals surface area contributed by atoms with E-state index >= 15 is 0 Å². The number of ketones is 1. The number of nitrogens with one attached hydrogen (secondary N) is 1. The van der Waals surface area contributed by atoms with Gasteiger partial charge in [-0.25, -0.2) is 4.99 Å². The maximum Gasteiger partial charge on any atom is 0.203 e. The summed E-state index contributed by atoms with van der Waals surface area (Å²) in [5.74, 6) is 2.29. The van der Waals surface area contributed by atoms with Crippen LogP contribution in [0.15, 0.2) is 28.8 Å². The normalized spacial score (nSPS) is 17.3. The molecule has 0 bridgehead atoms. The number of hydrogen-bond acceptors (Lipinski definition) is 5. The number of amidine groups is 2. The number of allylic oxidation sites excluding steroid dienone is 1. The van der Waals surface area contributed by atoms with Gasteiger partial charge < -0.3 is 19.1 Å². The van der Waals surface area contributed by atoms with Crippen LogP contribution in [0, 0.1) is 5.41 Å². The van der Waals surface area contributed by atoms with Crippen molar-refractivity contribution in [3.63, 3.8) is 0 Å². The molecule has 2 rings (SSSR count). The number of Topliss-reactive ketones (excluding diaryl/α,β-unsaturated/α-hetero) is 1. The summed E-state index contributed by atoms with van der Waals surface area (Å²) >= 11 is 0. The van der Waals surface area contributed by atoms with E-state index < -0.39 is 0 Å². The Balaban J connectivity index is 2.41. The summed E-state index contributed by atoms with van der Waals surface area (Å²) in [6, 6.07) is 3.68. The first-order valence-electron chi connectivity index (χ1n) is 7.82. The van der Waals surface area contributed by atoms with Crippen LogP contribution in [-0.2, 0) is 11.3 Å². The molecule has 0 atom stereocenters. The average molecular weight is 345 g/mol. The van der Waals surface area contributed by atoms with Gasteiger partial charge >= 0.3 is 0 Å². The van der Waals surface area contributed by atoms with Gasteiger partial charge in [0.15, 0.2) is 17.3 Å². The van der Waals surface area contributed by atoms with Crippen molar-refractivity contribution in [1.82, 2.24) is 4.90 Å². The van der Waals surface area contributed by atoms with Gasteiger partial charge in [-0.15, -0.1) is 0 Å². The highest BCUT2D eigenvalue weighted by molar-refractivity contribution is 6.28. The molecule has 0 saturated carbocycles. The van der Waals surface area contributed by atoms with E-state index in [4.69, 9.17) is 19.6 Å². The minimum absolute atomic E-state index is 0.00468. The van der Waals surface area contributed by atoms with Crippen molar-refractivity contribution in [1.29, 1.82) is 5.41 Å². The van der Waals surface area contributed by atoms with Crippen molar-refractivity contribution in [3.8, 4) is 17.2 Å². The summed E-state index contributed by atoms with van der Waals surface area (Å²) in [6.45, 7) is 4.04. The standard InChI is InChI=1S/C18H23N3O4/c1-6-13-14(22)10-21(18(13)20-11(2)19)9-12-7-15(23-3)17(25-5)16(8-12)24-4/h6-8,19H,9-10H2,1-5H3/b13-6+,19-11?,20-18+. The van der Waals surface area contributed by atoms with Crippen LogP contribution in [0.2, 0.25) is 0 Å². The Kier molecular flexibility index (Phi) is 5.80. The third-order valence-corrected chi connectivity index (χ3v) is 3.84. The fraction of sp³-hybridized carbons (Fsp3) is 0.389. The van der Waals surface area contributed by atoms with Crippen molar-refractivity contribution < 1.29 is 19.0 Å². The quantitative estimate of drug-likeness (QED) is 0.503. The first kappa shape index (κ1) is 18.5. The van der Waals surface area contributed by atoms with Crippen LogP contribution in [0.3, 0.4) is 0 Å². The third-order valence-electron chi connectivity index (χ3n) is 3.84. The van der Waals surface area contributed by atoms with Crippen molar-refractivity contribution in [2.75, 3.05) is 27.9 Å². The second-order valence-electron chi connectivity index (χ2n) is 5.54. The molecule has 1 aliphatic rings. The SMILES string of the molecule is C/C=C1\C(=O)CN(Cc2cc(OC)c(OC)c(OC)c2)\C1=N\C(C)=N. The highest BCUT2D eigenvalue weighted by atomic mass is 16.5. The molecule has 1 aromatic rings. The summed E-state index contributed by atoms with van der Waals surface area (Å²) in [4.78, 5) is 18.3. The number of methoxy groups -OCH3 is 3. The van der Waals surface area contributed by atoms with E-state index in [2.05, 4.69) is 4.99 Å². The fourth-order valence-corrected chi connectivity index (χ4v) is 2.79. The maximum absolute atomic E-state index is 12.2. The lowest BCUT2D eigenvalue weighted by atomic mass is 10.1. The molecule has 1 heterocycles. The third kappa shape index (κ3) is 3.81. The van der Waals surface area contributed by atoms with Crippen LogP contribution in [-0.4, -0.2) is 50.2 Å². The number of aliphatic imine (C=N–C) groups is 1. The lowest BCUT2D eigenvalue weighted by Crippen LogP contribution is -2.26. The zero-order valence-corrected chi connectivity index (χ0v) is 15.2. The van der Waals surface area contributed by atoms with Gasteiger partial charge in [-0.3, -0.25) is 10.2 Å². The Morgan fingerprint density at radius 3 is 2.28 bits per heavy atom. The minimum atomic E-state index is -0.00468. The molecule has 134 valence electrons. The number of rotatable bonds is 5. The Morgan fingerprint density at radius 2 is 1.84 bits per heavy atom. The van der Waals surface area contributed by atoms with E-state index in [9.17, 15) is 4.79 Å². The molecule has 0 amide bonds. The van der Waals surface area contributed by atoms with Crippen LogP contribution < -0.4 is 14.2 Å². The predicted octanol–water partition coefficient (Wildman–Crippen LogP) is 2.44. The van der Waals surface area contributed by atoms with Crippen LogP contribution in [0.1, 0.15) is 19.4 Å². The molecule has 1 N–H and O–H groups in total. The molecular formula is C18H23N3O4. The molecule has 0 aromatic heterocycles. The number of hydrogen-bond donors (Lipinski definition) is 1. The molecule has 1 aliphatic heterocycles. The topological polar surface area (TPSA) is 84.2 Å². The molecular weight excluding hydrogens is 322 g/mol. The van der Waals surface area contributed by atoms with Gasteiger partial charge in [0, 0.05) is 6.54 Å². The predicted molar refractivity (Wildman–Crippen MR) is 96.1 cm³/mol. The Labute approximate surface area is 147 Å². The van der Waals surface area contributed by atoms with E-state index in [0.717, 1.165) is 5.56 Å². The van der Waals surface area contributed by atoms with E-state index in [-0.39, 0.29) is 18.2 Å². The molecule has 7 heteroatoms. The van der Waals surface area contributed by atoms with E-state index in [1.54, 1.807) is 41.3 Å². The molecule has 7 nitrogen and oxygen atoms in total. The summed E-state index contributed by atoms with van der Waals surface area (Å²) in [7, 11) is 4.67. The van der Waals surface area contributed by atoms with Crippen molar-refractivity contribution >= 4 is 17.5 Å². The highest BCUT2D eigenvalue weighted by Gasteiger charge is 2.31. The van der Waals surface area contributed by atoms with Crippen LogP contribution >= 0.6 is 0 Å². The molecule has 0 radical (unpaired) electrons. The second-order valence-corrected chi connectivity index (χ2v) is 5.54. The van der Waals surface area contributed by atoms with Crippen LogP contribution in [0.25, 0.3) is 0 Å². The number of likely N-dealkylation sites (tertiary alicyclic amines) is 1. The number of benzene rings is 1.